The van der Waals surface area contributed by atoms with E-state index in [2.05, 4.69) is 4.74 Å². The molecule has 0 amide bonds. The summed E-state index contributed by atoms with van der Waals surface area (Å²) in [5.41, 5.74) is 0.801. The second-order valence-electron chi connectivity index (χ2n) is 3.42. The molecule has 0 atom stereocenters. The number of fused-ring (bicyclic) bond motifs is 1. The fourth-order valence-corrected chi connectivity index (χ4v) is 1.64. The Balaban J connectivity index is 2.53. The van der Waals surface area contributed by atoms with E-state index in [-0.39, 0.29) is 5.56 Å². The van der Waals surface area contributed by atoms with Crippen molar-refractivity contribution in [2.45, 2.75) is 6.42 Å². The molecule has 0 saturated carbocycles. The van der Waals surface area contributed by atoms with Gasteiger partial charge in [-0.1, -0.05) is 12.2 Å². The minimum Gasteiger partial charge on any atom is -0.488 e. The molecular weight excluding hydrogens is 211 g/mol. The zero-order valence-corrected chi connectivity index (χ0v) is 8.83. The number of methoxy groups -OCH3 is 1. The number of carbonyl (C=O) groups excluding carboxylic acids is 1. The minimum atomic E-state index is -0.586. The minimum absolute atomic E-state index is 0.140. The molecule has 0 aliphatic carbocycles. The Morgan fingerprint density at radius 2 is 2.25 bits per heavy atom. The Kier molecular flexibility index (Phi) is 2.90. The third-order valence-corrected chi connectivity index (χ3v) is 2.36. The molecule has 0 fully saturated rings. The van der Waals surface area contributed by atoms with E-state index < -0.39 is 11.8 Å². The smallest absolute Gasteiger partial charge is 0.341 e. The Bertz CT molecular complexity index is 452. The van der Waals surface area contributed by atoms with Gasteiger partial charge in [0, 0.05) is 5.56 Å². The summed E-state index contributed by atoms with van der Waals surface area (Å²) in [7, 11) is 1.26. The fourth-order valence-electron chi connectivity index (χ4n) is 1.64. The first kappa shape index (κ1) is 10.7. The third kappa shape index (κ3) is 1.91. The molecule has 0 aromatic heterocycles. The maximum atomic E-state index is 13.3. The lowest BCUT2D eigenvalue weighted by atomic mass is 10.1. The van der Waals surface area contributed by atoms with Crippen LogP contribution in [0.5, 0.6) is 5.75 Å². The first-order chi connectivity index (χ1) is 7.72. The van der Waals surface area contributed by atoms with E-state index in [0.717, 1.165) is 6.07 Å². The van der Waals surface area contributed by atoms with E-state index >= 15 is 0 Å². The average molecular weight is 222 g/mol. The van der Waals surface area contributed by atoms with Crippen LogP contribution in [-0.4, -0.2) is 19.7 Å². The molecule has 4 heteroatoms. The zero-order chi connectivity index (χ0) is 11.5. The molecular formula is C12H11FO3. The Labute approximate surface area is 92.5 Å². The molecule has 0 saturated heterocycles. The highest BCUT2D eigenvalue weighted by atomic mass is 19.1. The normalized spacial score (nSPS) is 13.6. The fraction of sp³-hybridized carbons (Fsp3) is 0.250. The molecule has 0 N–H and O–H groups in total. The van der Waals surface area contributed by atoms with Crippen molar-refractivity contribution in [2.75, 3.05) is 13.7 Å². The molecule has 2 rings (SSSR count). The summed E-state index contributed by atoms with van der Waals surface area (Å²) in [6.45, 7) is 0.378. The van der Waals surface area contributed by atoms with Crippen LogP contribution in [-0.2, 0) is 11.2 Å². The van der Waals surface area contributed by atoms with Crippen molar-refractivity contribution in [1.29, 1.82) is 0 Å². The van der Waals surface area contributed by atoms with Gasteiger partial charge in [-0.3, -0.25) is 0 Å². The van der Waals surface area contributed by atoms with E-state index in [9.17, 15) is 9.18 Å². The predicted molar refractivity (Wildman–Crippen MR) is 56.1 cm³/mol. The standard InChI is InChI=1S/C12H11FO3/c1-15-12(14)10-7-9(13)6-8-4-2-3-5-16-11(8)10/h2-3,6-7H,4-5H2,1H3. The van der Waals surface area contributed by atoms with Crippen LogP contribution in [0.2, 0.25) is 0 Å². The summed E-state index contributed by atoms with van der Waals surface area (Å²) in [4.78, 5) is 11.5. The summed E-state index contributed by atoms with van der Waals surface area (Å²) in [6.07, 6.45) is 4.27. The number of hydrogen-bond donors (Lipinski definition) is 0. The Morgan fingerprint density at radius 1 is 1.44 bits per heavy atom. The van der Waals surface area contributed by atoms with Crippen molar-refractivity contribution < 1.29 is 18.7 Å². The van der Waals surface area contributed by atoms with Gasteiger partial charge in [0.15, 0.2) is 0 Å². The summed E-state index contributed by atoms with van der Waals surface area (Å²) in [6, 6.07) is 2.51. The van der Waals surface area contributed by atoms with Gasteiger partial charge in [-0.2, -0.15) is 0 Å². The van der Waals surface area contributed by atoms with E-state index in [1.165, 1.54) is 13.2 Å². The van der Waals surface area contributed by atoms with Crippen LogP contribution in [0.4, 0.5) is 4.39 Å². The molecule has 1 aromatic rings. The lowest BCUT2D eigenvalue weighted by Crippen LogP contribution is -2.08. The van der Waals surface area contributed by atoms with Crippen LogP contribution >= 0.6 is 0 Å². The first-order valence-electron chi connectivity index (χ1n) is 4.91. The van der Waals surface area contributed by atoms with Gasteiger partial charge in [0.2, 0.25) is 0 Å². The largest absolute Gasteiger partial charge is 0.488 e. The number of benzene rings is 1. The van der Waals surface area contributed by atoms with Gasteiger partial charge in [-0.25, -0.2) is 9.18 Å². The van der Waals surface area contributed by atoms with Gasteiger partial charge < -0.3 is 9.47 Å². The number of halogens is 1. The quantitative estimate of drug-likeness (QED) is 0.539. The number of carbonyl (C=O) groups is 1. The van der Waals surface area contributed by atoms with E-state index in [1.807, 2.05) is 12.2 Å². The van der Waals surface area contributed by atoms with Crippen LogP contribution in [0.3, 0.4) is 0 Å². The number of ether oxygens (including phenoxy) is 2. The van der Waals surface area contributed by atoms with Crippen molar-refractivity contribution in [3.05, 3.63) is 41.2 Å². The molecule has 84 valence electrons. The average Bonchev–Trinajstić information content (AvgIpc) is 2.51. The molecule has 1 aromatic carbocycles. The monoisotopic (exact) mass is 222 g/mol. The molecule has 0 spiro atoms. The van der Waals surface area contributed by atoms with Crippen molar-refractivity contribution in [1.82, 2.24) is 0 Å². The van der Waals surface area contributed by atoms with Crippen LogP contribution in [0, 0.1) is 5.82 Å². The lowest BCUT2D eigenvalue weighted by molar-refractivity contribution is 0.0595. The Hall–Kier alpha value is -1.84. The topological polar surface area (TPSA) is 35.5 Å². The molecule has 1 heterocycles. The number of esters is 1. The van der Waals surface area contributed by atoms with Gasteiger partial charge in [0.05, 0.1) is 7.11 Å². The van der Waals surface area contributed by atoms with Gasteiger partial charge in [-0.05, 0) is 18.6 Å². The third-order valence-electron chi connectivity index (χ3n) is 2.36. The highest BCUT2D eigenvalue weighted by Gasteiger charge is 2.19. The number of rotatable bonds is 1. The molecule has 1 aliphatic rings. The van der Waals surface area contributed by atoms with Crippen molar-refractivity contribution in [3.8, 4) is 5.75 Å². The highest BCUT2D eigenvalue weighted by molar-refractivity contribution is 5.93. The maximum absolute atomic E-state index is 13.3. The number of allylic oxidation sites excluding steroid dienone is 1. The van der Waals surface area contributed by atoms with E-state index in [1.54, 1.807) is 0 Å². The summed E-state index contributed by atoms with van der Waals surface area (Å²) in [5, 5.41) is 0. The van der Waals surface area contributed by atoms with E-state index in [0.29, 0.717) is 24.3 Å². The van der Waals surface area contributed by atoms with Gasteiger partial charge in [0.1, 0.15) is 23.7 Å². The maximum Gasteiger partial charge on any atom is 0.341 e. The molecule has 1 aliphatic heterocycles. The SMILES string of the molecule is COC(=O)c1cc(F)cc2c1OCC=CC2. The van der Waals surface area contributed by atoms with Crippen molar-refractivity contribution >= 4 is 5.97 Å². The van der Waals surface area contributed by atoms with Crippen molar-refractivity contribution in [3.63, 3.8) is 0 Å². The van der Waals surface area contributed by atoms with Gasteiger partial charge in [-0.15, -0.1) is 0 Å². The molecule has 3 nitrogen and oxygen atoms in total. The van der Waals surface area contributed by atoms with Crippen LogP contribution in [0.25, 0.3) is 0 Å². The first-order valence-corrected chi connectivity index (χ1v) is 4.91. The van der Waals surface area contributed by atoms with Gasteiger partial charge in [0.25, 0.3) is 0 Å². The Morgan fingerprint density at radius 3 is 3.00 bits per heavy atom. The molecule has 0 radical (unpaired) electrons. The second-order valence-corrected chi connectivity index (χ2v) is 3.42. The predicted octanol–water partition coefficient (Wildman–Crippen LogP) is 2.10. The van der Waals surface area contributed by atoms with Gasteiger partial charge >= 0.3 is 5.97 Å². The molecule has 0 unspecified atom stereocenters. The van der Waals surface area contributed by atoms with Crippen LogP contribution in [0.1, 0.15) is 15.9 Å². The summed E-state index contributed by atoms with van der Waals surface area (Å²) < 4.78 is 23.3. The lowest BCUT2D eigenvalue weighted by Gasteiger charge is -2.11. The zero-order valence-electron chi connectivity index (χ0n) is 8.83. The molecule has 0 bridgehead atoms. The van der Waals surface area contributed by atoms with Crippen LogP contribution in [0.15, 0.2) is 24.3 Å². The second kappa shape index (κ2) is 4.35. The summed E-state index contributed by atoms with van der Waals surface area (Å²) in [5.74, 6) is -0.631. The summed E-state index contributed by atoms with van der Waals surface area (Å²) >= 11 is 0. The number of hydrogen-bond acceptors (Lipinski definition) is 3. The highest BCUT2D eigenvalue weighted by Crippen LogP contribution is 2.28. The van der Waals surface area contributed by atoms with Crippen molar-refractivity contribution in [2.24, 2.45) is 0 Å². The van der Waals surface area contributed by atoms with Crippen LogP contribution < -0.4 is 4.74 Å². The van der Waals surface area contributed by atoms with E-state index in [4.69, 9.17) is 4.74 Å². The molecule has 16 heavy (non-hydrogen) atoms.